The van der Waals surface area contributed by atoms with Crippen LogP contribution in [0.1, 0.15) is 42.4 Å². The quantitative estimate of drug-likeness (QED) is 0.386. The second-order valence-electron chi connectivity index (χ2n) is 8.29. The van der Waals surface area contributed by atoms with Crippen molar-refractivity contribution >= 4 is 45.0 Å². The number of hydrogen-bond donors (Lipinski definition) is 1. The molecule has 0 fully saturated rings. The number of carbonyl (C=O) groups is 3. The number of carbonyl (C=O) groups excluding carboxylic acids is 3. The summed E-state index contributed by atoms with van der Waals surface area (Å²) >= 11 is 1.15. The standard InChI is InChI=1S/C26H22N4O5S/c1-15-20-23(36-21(15)22(31)28-18-10-5-6-11-19(18)35-2)27-14-29(26(20)34)12-7-13-30-24(32)16-8-3-4-9-17(16)25(30)33/h3-6,8-11,14H,7,12-13H2,1-2H3,(H,28,31). The van der Waals surface area contributed by atoms with E-state index in [2.05, 4.69) is 10.3 Å². The summed E-state index contributed by atoms with van der Waals surface area (Å²) in [5, 5.41) is 3.22. The van der Waals surface area contributed by atoms with Gasteiger partial charge in [-0.25, -0.2) is 4.98 Å². The zero-order valence-electron chi connectivity index (χ0n) is 19.6. The number of imide groups is 1. The first-order valence-electron chi connectivity index (χ1n) is 11.3. The summed E-state index contributed by atoms with van der Waals surface area (Å²) in [7, 11) is 1.52. The van der Waals surface area contributed by atoms with E-state index in [0.717, 1.165) is 11.3 Å². The summed E-state index contributed by atoms with van der Waals surface area (Å²) in [6.07, 6.45) is 1.83. The van der Waals surface area contributed by atoms with Crippen molar-refractivity contribution in [2.24, 2.45) is 0 Å². The molecule has 1 N–H and O–H groups in total. The highest BCUT2D eigenvalue weighted by atomic mass is 32.1. The predicted octanol–water partition coefficient (Wildman–Crippen LogP) is 3.71. The van der Waals surface area contributed by atoms with Gasteiger partial charge >= 0.3 is 0 Å². The summed E-state index contributed by atoms with van der Waals surface area (Å²) in [5.41, 5.74) is 1.61. The average molecular weight is 503 g/mol. The molecule has 1 aliphatic heterocycles. The molecule has 5 rings (SSSR count). The van der Waals surface area contributed by atoms with E-state index in [9.17, 15) is 19.2 Å². The molecule has 0 radical (unpaired) electrons. The second-order valence-corrected chi connectivity index (χ2v) is 9.29. The van der Waals surface area contributed by atoms with E-state index in [1.807, 2.05) is 0 Å². The Hall–Kier alpha value is -4.31. The summed E-state index contributed by atoms with van der Waals surface area (Å²) in [6, 6.07) is 13.8. The molecule has 0 atom stereocenters. The Morgan fingerprint density at radius 1 is 1.00 bits per heavy atom. The third-order valence-corrected chi connectivity index (χ3v) is 7.34. The lowest BCUT2D eigenvalue weighted by Gasteiger charge is -2.14. The number of methoxy groups -OCH3 is 1. The van der Waals surface area contributed by atoms with Gasteiger partial charge in [0.15, 0.2) is 0 Å². The highest BCUT2D eigenvalue weighted by molar-refractivity contribution is 7.20. The first kappa shape index (κ1) is 23.4. The van der Waals surface area contributed by atoms with Crippen molar-refractivity contribution in [3.8, 4) is 5.75 Å². The number of aromatic nitrogens is 2. The minimum atomic E-state index is -0.350. The van der Waals surface area contributed by atoms with Crippen LogP contribution in [0.15, 0.2) is 59.7 Å². The maximum Gasteiger partial charge on any atom is 0.266 e. The van der Waals surface area contributed by atoms with E-state index in [-0.39, 0.29) is 36.4 Å². The van der Waals surface area contributed by atoms with Gasteiger partial charge < -0.3 is 10.1 Å². The molecular weight excluding hydrogens is 480 g/mol. The zero-order valence-corrected chi connectivity index (χ0v) is 20.4. The predicted molar refractivity (Wildman–Crippen MR) is 136 cm³/mol. The third-order valence-electron chi connectivity index (χ3n) is 6.14. The smallest absolute Gasteiger partial charge is 0.266 e. The maximum atomic E-state index is 13.2. The fraction of sp³-hybridized carbons (Fsp3) is 0.192. The Morgan fingerprint density at radius 3 is 2.36 bits per heavy atom. The van der Waals surface area contributed by atoms with Gasteiger partial charge in [-0.15, -0.1) is 11.3 Å². The van der Waals surface area contributed by atoms with Crippen molar-refractivity contribution in [2.75, 3.05) is 19.0 Å². The van der Waals surface area contributed by atoms with Crippen LogP contribution in [0.2, 0.25) is 0 Å². The van der Waals surface area contributed by atoms with Gasteiger partial charge in [-0.2, -0.15) is 0 Å². The molecule has 3 heterocycles. The van der Waals surface area contributed by atoms with Gasteiger partial charge in [0.2, 0.25) is 0 Å². The number of ether oxygens (including phenoxy) is 1. The van der Waals surface area contributed by atoms with Crippen molar-refractivity contribution in [3.05, 3.63) is 86.8 Å². The van der Waals surface area contributed by atoms with Crippen LogP contribution in [0.5, 0.6) is 5.75 Å². The molecule has 2 aromatic carbocycles. The molecule has 1 aliphatic rings. The van der Waals surface area contributed by atoms with Crippen molar-refractivity contribution in [1.29, 1.82) is 0 Å². The number of nitrogens with one attached hydrogen (secondary N) is 1. The molecule has 0 unspecified atom stereocenters. The monoisotopic (exact) mass is 502 g/mol. The number of rotatable bonds is 7. The fourth-order valence-electron chi connectivity index (χ4n) is 4.30. The Kier molecular flexibility index (Phi) is 6.11. The lowest BCUT2D eigenvalue weighted by atomic mass is 10.1. The Balaban J connectivity index is 1.33. The van der Waals surface area contributed by atoms with Gasteiger partial charge in [-0.3, -0.25) is 28.6 Å². The number of aryl methyl sites for hydroxylation is 2. The van der Waals surface area contributed by atoms with Crippen LogP contribution in [0.25, 0.3) is 10.2 Å². The van der Waals surface area contributed by atoms with Crippen molar-refractivity contribution in [3.63, 3.8) is 0 Å². The van der Waals surface area contributed by atoms with Crippen LogP contribution in [0.4, 0.5) is 5.69 Å². The minimum Gasteiger partial charge on any atom is -0.495 e. The first-order valence-corrected chi connectivity index (χ1v) is 12.1. The number of benzene rings is 2. The third kappa shape index (κ3) is 3.95. The molecule has 4 aromatic rings. The fourth-order valence-corrected chi connectivity index (χ4v) is 5.34. The van der Waals surface area contributed by atoms with Crippen LogP contribution in [-0.4, -0.2) is 45.8 Å². The lowest BCUT2D eigenvalue weighted by Crippen LogP contribution is -2.32. The lowest BCUT2D eigenvalue weighted by molar-refractivity contribution is 0.0650. The number of thiophene rings is 1. The first-order chi connectivity index (χ1) is 17.4. The van der Waals surface area contributed by atoms with E-state index in [4.69, 9.17) is 4.74 Å². The van der Waals surface area contributed by atoms with E-state index < -0.39 is 0 Å². The molecule has 36 heavy (non-hydrogen) atoms. The summed E-state index contributed by atoms with van der Waals surface area (Å²) in [6.45, 7) is 2.18. The average Bonchev–Trinajstić information content (AvgIpc) is 3.35. The van der Waals surface area contributed by atoms with Gasteiger partial charge in [-0.1, -0.05) is 24.3 Å². The summed E-state index contributed by atoms with van der Waals surface area (Å²) < 4.78 is 6.74. The molecule has 0 bridgehead atoms. The van der Waals surface area contributed by atoms with Gasteiger partial charge in [0.1, 0.15) is 10.6 Å². The van der Waals surface area contributed by atoms with Crippen LogP contribution in [0.3, 0.4) is 0 Å². The molecule has 3 amide bonds. The summed E-state index contributed by atoms with van der Waals surface area (Å²) in [4.78, 5) is 57.8. The topological polar surface area (TPSA) is 111 Å². The molecule has 0 aliphatic carbocycles. The van der Waals surface area contributed by atoms with Crippen LogP contribution < -0.4 is 15.6 Å². The molecule has 9 nitrogen and oxygen atoms in total. The molecule has 2 aromatic heterocycles. The Morgan fingerprint density at radius 2 is 1.67 bits per heavy atom. The Labute approximate surface area is 209 Å². The molecule has 0 saturated carbocycles. The van der Waals surface area contributed by atoms with Gasteiger partial charge in [0.25, 0.3) is 23.3 Å². The number of anilines is 1. The largest absolute Gasteiger partial charge is 0.495 e. The van der Waals surface area contributed by atoms with E-state index >= 15 is 0 Å². The maximum absolute atomic E-state index is 13.2. The highest BCUT2D eigenvalue weighted by Crippen LogP contribution is 2.30. The van der Waals surface area contributed by atoms with Crippen molar-refractivity contribution in [1.82, 2.24) is 14.5 Å². The van der Waals surface area contributed by atoms with Gasteiger partial charge in [0, 0.05) is 13.1 Å². The molecule has 0 saturated heterocycles. The molecular formula is C26H22N4O5S. The number of para-hydroxylation sites is 2. The number of hydrogen-bond acceptors (Lipinski definition) is 7. The van der Waals surface area contributed by atoms with E-state index in [1.54, 1.807) is 55.5 Å². The molecule has 0 spiro atoms. The van der Waals surface area contributed by atoms with Crippen LogP contribution >= 0.6 is 11.3 Å². The van der Waals surface area contributed by atoms with Crippen LogP contribution in [0, 0.1) is 6.92 Å². The van der Waals surface area contributed by atoms with Crippen molar-refractivity contribution < 1.29 is 19.1 Å². The van der Waals surface area contributed by atoms with Crippen molar-refractivity contribution in [2.45, 2.75) is 19.9 Å². The number of amides is 3. The molecule has 10 heteroatoms. The molecule has 182 valence electrons. The number of fused-ring (bicyclic) bond motifs is 2. The van der Waals surface area contributed by atoms with E-state index in [1.165, 1.54) is 22.9 Å². The SMILES string of the molecule is COc1ccccc1NC(=O)c1sc2ncn(CCCN3C(=O)c4ccccc4C3=O)c(=O)c2c1C. The number of nitrogens with zero attached hydrogens (tertiary/aromatic N) is 3. The summed E-state index contributed by atoms with van der Waals surface area (Å²) in [5.74, 6) is -0.466. The minimum absolute atomic E-state index is 0.187. The van der Waals surface area contributed by atoms with Gasteiger partial charge in [-0.05, 0) is 43.2 Å². The van der Waals surface area contributed by atoms with E-state index in [0.29, 0.717) is 49.6 Å². The van der Waals surface area contributed by atoms with Gasteiger partial charge in [0.05, 0.1) is 40.5 Å². The normalized spacial score (nSPS) is 12.8. The second kappa shape index (κ2) is 9.38. The Bertz CT molecular complexity index is 1550. The zero-order chi connectivity index (χ0) is 25.4. The van der Waals surface area contributed by atoms with Crippen LogP contribution in [-0.2, 0) is 6.54 Å². The highest BCUT2D eigenvalue weighted by Gasteiger charge is 2.34.